The van der Waals surface area contributed by atoms with E-state index in [9.17, 15) is 4.79 Å². The summed E-state index contributed by atoms with van der Waals surface area (Å²) in [7, 11) is 0. The van der Waals surface area contributed by atoms with Gasteiger partial charge >= 0.3 is 0 Å². The number of amides is 1. The van der Waals surface area contributed by atoms with Crippen molar-refractivity contribution in [1.29, 1.82) is 0 Å². The number of aryl methyl sites for hydroxylation is 1. The summed E-state index contributed by atoms with van der Waals surface area (Å²) in [5.74, 6) is 5.41. The van der Waals surface area contributed by atoms with E-state index in [1.165, 1.54) is 6.39 Å². The molecule has 2 N–H and O–H groups in total. The zero-order valence-corrected chi connectivity index (χ0v) is 10.9. The molecule has 0 saturated heterocycles. The monoisotopic (exact) mass is 271 g/mol. The molecular formula is C14H13N3O3. The Balaban J connectivity index is 2.17. The molecule has 0 bridgehead atoms. The van der Waals surface area contributed by atoms with Crippen molar-refractivity contribution >= 4 is 5.91 Å². The van der Waals surface area contributed by atoms with Crippen LogP contribution < -0.4 is 5.32 Å². The van der Waals surface area contributed by atoms with Crippen LogP contribution in [0.3, 0.4) is 0 Å². The van der Waals surface area contributed by atoms with Crippen LogP contribution in [0.5, 0.6) is 0 Å². The van der Waals surface area contributed by atoms with Gasteiger partial charge in [0.05, 0.1) is 12.1 Å². The van der Waals surface area contributed by atoms with Gasteiger partial charge in [-0.2, -0.15) is 4.98 Å². The average molecular weight is 271 g/mol. The molecule has 0 fully saturated rings. The van der Waals surface area contributed by atoms with Crippen LogP contribution in [0.2, 0.25) is 0 Å². The first kappa shape index (κ1) is 13.8. The molecule has 2 aromatic rings. The van der Waals surface area contributed by atoms with Gasteiger partial charge in [0, 0.05) is 5.56 Å². The van der Waals surface area contributed by atoms with Crippen molar-refractivity contribution in [2.75, 3.05) is 6.61 Å². The van der Waals surface area contributed by atoms with Gasteiger partial charge in [-0.25, -0.2) is 0 Å². The van der Waals surface area contributed by atoms with Crippen molar-refractivity contribution in [3.63, 3.8) is 0 Å². The lowest BCUT2D eigenvalue weighted by Crippen LogP contribution is -2.24. The fraction of sp³-hybridized carbons (Fsp3) is 0.214. The third kappa shape index (κ3) is 3.43. The van der Waals surface area contributed by atoms with Crippen molar-refractivity contribution < 1.29 is 14.4 Å². The molecule has 1 aromatic heterocycles. The summed E-state index contributed by atoms with van der Waals surface area (Å²) in [5, 5.41) is 15.0. The molecule has 0 atom stereocenters. The third-order valence-corrected chi connectivity index (χ3v) is 2.54. The maximum absolute atomic E-state index is 12.1. The number of nitrogens with one attached hydrogen (secondary N) is 1. The molecule has 0 saturated carbocycles. The summed E-state index contributed by atoms with van der Waals surface area (Å²) in [6.07, 6.45) is 1.20. The van der Waals surface area contributed by atoms with E-state index >= 15 is 0 Å². The molecule has 102 valence electrons. The standard InChI is InChI=1S/C14H13N3O3/c1-10-4-5-11(3-2-6-18)12(7-10)14(19)15-8-13-16-9-20-17-13/h4-5,7,9,18H,6,8H2,1H3,(H,15,19). The van der Waals surface area contributed by atoms with Crippen LogP contribution in [-0.2, 0) is 6.54 Å². The smallest absolute Gasteiger partial charge is 0.252 e. The molecule has 6 nitrogen and oxygen atoms in total. The van der Waals surface area contributed by atoms with E-state index in [0.717, 1.165) is 5.56 Å². The van der Waals surface area contributed by atoms with E-state index < -0.39 is 0 Å². The topological polar surface area (TPSA) is 88.2 Å². The highest BCUT2D eigenvalue weighted by Gasteiger charge is 2.11. The largest absolute Gasteiger partial charge is 0.384 e. The normalized spacial score (nSPS) is 9.70. The molecule has 0 radical (unpaired) electrons. The highest BCUT2D eigenvalue weighted by atomic mass is 16.5. The molecule has 20 heavy (non-hydrogen) atoms. The van der Waals surface area contributed by atoms with Crippen molar-refractivity contribution in [3.05, 3.63) is 47.1 Å². The van der Waals surface area contributed by atoms with Crippen molar-refractivity contribution in [3.8, 4) is 11.8 Å². The lowest BCUT2D eigenvalue weighted by molar-refractivity contribution is 0.0949. The molecule has 0 aliphatic carbocycles. The summed E-state index contributed by atoms with van der Waals surface area (Å²) < 4.78 is 4.59. The maximum Gasteiger partial charge on any atom is 0.252 e. The highest BCUT2D eigenvalue weighted by molar-refractivity contribution is 5.96. The predicted octanol–water partition coefficient (Wildman–Crippen LogP) is 0.652. The van der Waals surface area contributed by atoms with Gasteiger partial charge in [0.25, 0.3) is 5.91 Å². The number of aliphatic hydroxyl groups excluding tert-OH is 1. The van der Waals surface area contributed by atoms with Gasteiger partial charge in [0.15, 0.2) is 5.82 Å². The molecule has 0 aliphatic heterocycles. The Morgan fingerprint density at radius 3 is 3.05 bits per heavy atom. The van der Waals surface area contributed by atoms with Crippen LogP contribution in [0.4, 0.5) is 0 Å². The average Bonchev–Trinajstić information content (AvgIpc) is 2.96. The lowest BCUT2D eigenvalue weighted by Gasteiger charge is -2.06. The van der Waals surface area contributed by atoms with E-state index in [4.69, 9.17) is 5.11 Å². The fourth-order valence-corrected chi connectivity index (χ4v) is 1.61. The first-order valence-electron chi connectivity index (χ1n) is 5.94. The molecule has 1 amide bonds. The Kier molecular flexibility index (Phi) is 4.47. The van der Waals surface area contributed by atoms with Crippen molar-refractivity contribution in [2.45, 2.75) is 13.5 Å². The molecule has 0 unspecified atom stereocenters. The number of hydrogen-bond acceptors (Lipinski definition) is 5. The number of nitrogens with zero attached hydrogens (tertiary/aromatic N) is 2. The van der Waals surface area contributed by atoms with Crippen molar-refractivity contribution in [1.82, 2.24) is 15.5 Å². The number of hydrogen-bond donors (Lipinski definition) is 2. The van der Waals surface area contributed by atoms with Crippen LogP contribution in [0.1, 0.15) is 27.3 Å². The second kappa shape index (κ2) is 6.50. The van der Waals surface area contributed by atoms with Gasteiger partial charge in [0.1, 0.15) is 6.61 Å². The van der Waals surface area contributed by atoms with Gasteiger partial charge in [-0.1, -0.05) is 28.6 Å². The lowest BCUT2D eigenvalue weighted by atomic mass is 10.0. The zero-order chi connectivity index (χ0) is 14.4. The molecular weight excluding hydrogens is 258 g/mol. The number of aliphatic hydroxyl groups is 1. The maximum atomic E-state index is 12.1. The Morgan fingerprint density at radius 2 is 2.35 bits per heavy atom. The molecule has 6 heteroatoms. The second-order valence-electron chi connectivity index (χ2n) is 4.04. The zero-order valence-electron chi connectivity index (χ0n) is 10.9. The number of benzene rings is 1. The van der Waals surface area contributed by atoms with E-state index in [1.807, 2.05) is 13.0 Å². The third-order valence-electron chi connectivity index (χ3n) is 2.54. The number of carbonyl (C=O) groups is 1. The van der Waals surface area contributed by atoms with Crippen molar-refractivity contribution in [2.24, 2.45) is 0 Å². The summed E-state index contributed by atoms with van der Waals surface area (Å²) in [5.41, 5.74) is 1.97. The predicted molar refractivity (Wildman–Crippen MR) is 70.6 cm³/mol. The van der Waals surface area contributed by atoms with Gasteiger partial charge in [0.2, 0.25) is 6.39 Å². The summed E-state index contributed by atoms with van der Waals surface area (Å²) >= 11 is 0. The number of carbonyl (C=O) groups excluding carboxylic acids is 1. The molecule has 0 aliphatic rings. The first-order valence-corrected chi connectivity index (χ1v) is 5.94. The van der Waals surface area contributed by atoms with Gasteiger partial charge in [-0.3, -0.25) is 4.79 Å². The molecule has 1 aromatic carbocycles. The summed E-state index contributed by atoms with van der Waals surface area (Å²) in [6, 6.07) is 5.35. The van der Waals surface area contributed by atoms with Crippen LogP contribution in [0, 0.1) is 18.8 Å². The molecule has 0 spiro atoms. The molecule has 1 heterocycles. The fourth-order valence-electron chi connectivity index (χ4n) is 1.61. The number of aromatic nitrogens is 2. The van der Waals surface area contributed by atoms with Gasteiger partial charge < -0.3 is 14.9 Å². The van der Waals surface area contributed by atoms with Gasteiger partial charge in [-0.05, 0) is 19.1 Å². The van der Waals surface area contributed by atoms with E-state index in [1.54, 1.807) is 12.1 Å². The minimum Gasteiger partial charge on any atom is -0.384 e. The first-order chi connectivity index (χ1) is 9.70. The second-order valence-corrected chi connectivity index (χ2v) is 4.04. The van der Waals surface area contributed by atoms with Crippen LogP contribution in [0.25, 0.3) is 0 Å². The van der Waals surface area contributed by atoms with E-state index in [2.05, 4.69) is 31.8 Å². The van der Waals surface area contributed by atoms with Crippen LogP contribution >= 0.6 is 0 Å². The van der Waals surface area contributed by atoms with Gasteiger partial charge in [-0.15, -0.1) is 0 Å². The Morgan fingerprint density at radius 1 is 1.50 bits per heavy atom. The number of rotatable bonds is 3. The van der Waals surface area contributed by atoms with Crippen LogP contribution in [0.15, 0.2) is 29.1 Å². The Hall–Kier alpha value is -2.65. The van der Waals surface area contributed by atoms with E-state index in [-0.39, 0.29) is 19.1 Å². The quantitative estimate of drug-likeness (QED) is 0.800. The summed E-state index contributed by atoms with van der Waals surface area (Å²) in [6.45, 7) is 1.81. The summed E-state index contributed by atoms with van der Waals surface area (Å²) in [4.78, 5) is 16.0. The molecule has 2 rings (SSSR count). The minimum absolute atomic E-state index is 0.177. The highest BCUT2D eigenvalue weighted by Crippen LogP contribution is 2.11. The van der Waals surface area contributed by atoms with E-state index in [0.29, 0.717) is 17.0 Å². The Bertz CT molecular complexity index is 654. The van der Waals surface area contributed by atoms with Crippen LogP contribution in [-0.4, -0.2) is 27.8 Å². The SMILES string of the molecule is Cc1ccc(C#CCO)c(C(=O)NCc2ncon2)c1. The Labute approximate surface area is 115 Å². The minimum atomic E-state index is -0.277.